The second kappa shape index (κ2) is 6.88. The van der Waals surface area contributed by atoms with Crippen LogP contribution in [-0.4, -0.2) is 36.6 Å². The average Bonchev–Trinajstić information content (AvgIpc) is 2.02. The van der Waals surface area contributed by atoms with Crippen LogP contribution >= 0.6 is 0 Å². The van der Waals surface area contributed by atoms with E-state index in [1.165, 1.54) is 0 Å². The Bertz CT molecular complexity index is 150. The fourth-order valence-corrected chi connectivity index (χ4v) is 1.47. The van der Waals surface area contributed by atoms with Gasteiger partial charge in [-0.15, -0.1) is 0 Å². The van der Waals surface area contributed by atoms with E-state index in [1.54, 1.807) is 0 Å². The zero-order valence-electron chi connectivity index (χ0n) is 9.17. The zero-order valence-corrected chi connectivity index (χ0v) is 9.17. The van der Waals surface area contributed by atoms with Gasteiger partial charge in [-0.05, 0) is 27.7 Å². The van der Waals surface area contributed by atoms with Crippen molar-refractivity contribution in [3.63, 3.8) is 0 Å². The van der Waals surface area contributed by atoms with E-state index in [0.29, 0.717) is 18.6 Å². The van der Waals surface area contributed by atoms with Gasteiger partial charge in [-0.3, -0.25) is 4.90 Å². The lowest BCUT2D eigenvalue weighted by atomic mass is 10.2. The highest BCUT2D eigenvalue weighted by Crippen LogP contribution is 2.02. The third-order valence-electron chi connectivity index (χ3n) is 2.08. The van der Waals surface area contributed by atoms with E-state index in [2.05, 4.69) is 44.0 Å². The van der Waals surface area contributed by atoms with Gasteiger partial charge in [0.2, 0.25) is 0 Å². The monoisotopic (exact) mass is 183 g/mol. The summed E-state index contributed by atoms with van der Waals surface area (Å²) in [6, 6.07) is 3.22. The normalized spacial score (nSPS) is 11.2. The summed E-state index contributed by atoms with van der Waals surface area (Å²) in [7, 11) is 0. The number of nitrogens with one attached hydrogen (secondary N) is 1. The molecule has 0 bridgehead atoms. The summed E-state index contributed by atoms with van der Waals surface area (Å²) < 4.78 is 0. The molecule has 0 spiro atoms. The van der Waals surface area contributed by atoms with E-state index in [1.807, 2.05) is 0 Å². The molecule has 0 heterocycles. The van der Waals surface area contributed by atoms with Gasteiger partial charge < -0.3 is 5.32 Å². The van der Waals surface area contributed by atoms with Crippen LogP contribution in [-0.2, 0) is 0 Å². The van der Waals surface area contributed by atoms with Crippen molar-refractivity contribution in [3.05, 3.63) is 0 Å². The minimum absolute atomic E-state index is 0.448. The quantitative estimate of drug-likeness (QED) is 0.497. The van der Waals surface area contributed by atoms with Crippen LogP contribution in [0.2, 0.25) is 0 Å². The lowest BCUT2D eigenvalue weighted by Crippen LogP contribution is -2.41. The molecule has 0 aromatic carbocycles. The van der Waals surface area contributed by atoms with Gasteiger partial charge in [0.1, 0.15) is 0 Å². The van der Waals surface area contributed by atoms with E-state index in [9.17, 15) is 0 Å². The van der Waals surface area contributed by atoms with Gasteiger partial charge in [0.15, 0.2) is 0 Å². The highest BCUT2D eigenvalue weighted by molar-refractivity contribution is 4.74. The minimum atomic E-state index is 0.448. The van der Waals surface area contributed by atoms with Crippen molar-refractivity contribution in [2.24, 2.45) is 0 Å². The van der Waals surface area contributed by atoms with Crippen LogP contribution in [0.4, 0.5) is 0 Å². The molecular formula is C10H21N3. The third kappa shape index (κ3) is 5.62. The van der Waals surface area contributed by atoms with Crippen LogP contribution in [0.3, 0.4) is 0 Å². The summed E-state index contributed by atoms with van der Waals surface area (Å²) in [5, 5.41) is 11.4. The number of rotatable bonds is 6. The molecule has 0 saturated heterocycles. The molecule has 1 N–H and O–H groups in total. The van der Waals surface area contributed by atoms with Gasteiger partial charge in [0.05, 0.1) is 12.6 Å². The van der Waals surface area contributed by atoms with Crippen LogP contribution in [0.15, 0.2) is 0 Å². The zero-order chi connectivity index (χ0) is 10.3. The molecule has 0 atom stereocenters. The number of hydrogen-bond donors (Lipinski definition) is 1. The van der Waals surface area contributed by atoms with Crippen LogP contribution in [0.1, 0.15) is 27.7 Å². The van der Waals surface area contributed by atoms with E-state index in [-0.39, 0.29) is 0 Å². The standard InChI is InChI=1S/C10H21N3/c1-9(2)13(10(3)4)8-7-12-6-5-11/h9-10,12H,6-8H2,1-4H3. The van der Waals surface area contributed by atoms with E-state index < -0.39 is 0 Å². The SMILES string of the molecule is CC(C)N(CCNCC#N)C(C)C. The fourth-order valence-electron chi connectivity index (χ4n) is 1.47. The molecule has 0 aliphatic rings. The van der Waals surface area contributed by atoms with Crippen molar-refractivity contribution in [2.75, 3.05) is 19.6 Å². The van der Waals surface area contributed by atoms with Crippen molar-refractivity contribution in [1.82, 2.24) is 10.2 Å². The van der Waals surface area contributed by atoms with E-state index in [0.717, 1.165) is 13.1 Å². The molecular weight excluding hydrogens is 162 g/mol. The summed E-state index contributed by atoms with van der Waals surface area (Å²) >= 11 is 0. The first-order chi connectivity index (χ1) is 6.09. The largest absolute Gasteiger partial charge is 0.303 e. The maximum absolute atomic E-state index is 8.32. The van der Waals surface area contributed by atoms with Crippen molar-refractivity contribution in [2.45, 2.75) is 39.8 Å². The molecule has 0 rings (SSSR count). The lowest BCUT2D eigenvalue weighted by molar-refractivity contribution is 0.176. The summed E-state index contributed by atoms with van der Waals surface area (Å²) in [5.41, 5.74) is 0. The second-order valence-corrected chi connectivity index (χ2v) is 3.76. The fraction of sp³-hybridized carbons (Fsp3) is 0.900. The molecule has 76 valence electrons. The summed E-state index contributed by atoms with van der Waals surface area (Å²) in [6.07, 6.45) is 0. The van der Waals surface area contributed by atoms with Crippen LogP contribution in [0.25, 0.3) is 0 Å². The Morgan fingerprint density at radius 3 is 2.15 bits per heavy atom. The van der Waals surface area contributed by atoms with Gasteiger partial charge in [-0.2, -0.15) is 5.26 Å². The Kier molecular flexibility index (Phi) is 6.56. The number of nitrogens with zero attached hydrogens (tertiary/aromatic N) is 2. The van der Waals surface area contributed by atoms with Crippen molar-refractivity contribution >= 4 is 0 Å². The number of nitriles is 1. The first-order valence-electron chi connectivity index (χ1n) is 4.93. The smallest absolute Gasteiger partial charge is 0.0841 e. The van der Waals surface area contributed by atoms with E-state index in [4.69, 9.17) is 5.26 Å². The van der Waals surface area contributed by atoms with Crippen LogP contribution in [0.5, 0.6) is 0 Å². The molecule has 0 unspecified atom stereocenters. The maximum atomic E-state index is 8.32. The summed E-state index contributed by atoms with van der Waals surface area (Å²) in [4.78, 5) is 2.41. The summed E-state index contributed by atoms with van der Waals surface area (Å²) in [6.45, 7) is 11.1. The Labute approximate surface area is 81.7 Å². The highest BCUT2D eigenvalue weighted by atomic mass is 15.2. The molecule has 0 fully saturated rings. The molecule has 3 nitrogen and oxygen atoms in total. The van der Waals surface area contributed by atoms with Crippen LogP contribution < -0.4 is 5.32 Å². The van der Waals surface area contributed by atoms with Gasteiger partial charge in [0.25, 0.3) is 0 Å². The summed E-state index contributed by atoms with van der Waals surface area (Å²) in [5.74, 6) is 0. The van der Waals surface area contributed by atoms with Gasteiger partial charge in [-0.1, -0.05) is 0 Å². The first kappa shape index (κ1) is 12.4. The molecule has 0 aliphatic carbocycles. The van der Waals surface area contributed by atoms with E-state index >= 15 is 0 Å². The van der Waals surface area contributed by atoms with Crippen molar-refractivity contribution in [3.8, 4) is 6.07 Å². The molecule has 13 heavy (non-hydrogen) atoms. The van der Waals surface area contributed by atoms with Gasteiger partial charge >= 0.3 is 0 Å². The number of hydrogen-bond acceptors (Lipinski definition) is 3. The Morgan fingerprint density at radius 2 is 1.77 bits per heavy atom. The molecule has 0 aromatic rings. The Morgan fingerprint density at radius 1 is 1.23 bits per heavy atom. The molecule has 0 aromatic heterocycles. The third-order valence-corrected chi connectivity index (χ3v) is 2.08. The average molecular weight is 183 g/mol. The predicted molar refractivity (Wildman–Crippen MR) is 55.5 cm³/mol. The molecule has 0 radical (unpaired) electrons. The van der Waals surface area contributed by atoms with Crippen molar-refractivity contribution in [1.29, 1.82) is 5.26 Å². The van der Waals surface area contributed by atoms with Gasteiger partial charge in [0, 0.05) is 25.2 Å². The second-order valence-electron chi connectivity index (χ2n) is 3.76. The lowest BCUT2D eigenvalue weighted by Gasteiger charge is -2.30. The van der Waals surface area contributed by atoms with Crippen molar-refractivity contribution < 1.29 is 0 Å². The molecule has 3 heteroatoms. The van der Waals surface area contributed by atoms with Gasteiger partial charge in [-0.25, -0.2) is 0 Å². The maximum Gasteiger partial charge on any atom is 0.0841 e. The molecule has 0 amide bonds. The topological polar surface area (TPSA) is 39.1 Å². The highest BCUT2D eigenvalue weighted by Gasteiger charge is 2.11. The van der Waals surface area contributed by atoms with Crippen LogP contribution in [0, 0.1) is 11.3 Å². The minimum Gasteiger partial charge on any atom is -0.303 e. The molecule has 0 saturated carbocycles. The first-order valence-corrected chi connectivity index (χ1v) is 4.93. The Hall–Kier alpha value is -0.590. The predicted octanol–water partition coefficient (Wildman–Crippen LogP) is 1.22. The Balaban J connectivity index is 3.65. The molecule has 0 aliphatic heterocycles.